The van der Waals surface area contributed by atoms with Crippen molar-refractivity contribution in [1.82, 2.24) is 15.5 Å². The first-order chi connectivity index (χ1) is 22.3. The number of benzene rings is 3. The van der Waals surface area contributed by atoms with Crippen LogP contribution in [0.2, 0.25) is 5.02 Å². The molecule has 1 amide bonds. The molecule has 0 spiro atoms. The summed E-state index contributed by atoms with van der Waals surface area (Å²) in [5.41, 5.74) is 5.94. The van der Waals surface area contributed by atoms with Crippen molar-refractivity contribution in [3.8, 4) is 17.2 Å². The third-order valence-electron chi connectivity index (χ3n) is 9.21. The molecule has 3 aromatic carbocycles. The van der Waals surface area contributed by atoms with Gasteiger partial charge in [0, 0.05) is 37.3 Å². The van der Waals surface area contributed by atoms with Crippen LogP contribution in [0.15, 0.2) is 60.2 Å². The summed E-state index contributed by atoms with van der Waals surface area (Å²) in [5.74, 6) is 1.36. The third kappa shape index (κ3) is 7.19. The number of amides is 1. The Morgan fingerprint density at radius 1 is 1.02 bits per heavy atom. The Hall–Kier alpha value is -3.59. The van der Waals surface area contributed by atoms with Gasteiger partial charge in [-0.25, -0.2) is 4.39 Å². The third-order valence-corrected chi connectivity index (χ3v) is 9.68. The Bertz CT molecular complexity index is 1610. The molecule has 1 saturated carbocycles. The Balaban J connectivity index is 1.16. The molecular formula is C37H43ClFN3O4. The van der Waals surface area contributed by atoms with Crippen LogP contribution >= 0.6 is 11.6 Å². The smallest absolute Gasteiger partial charge is 0.252 e. The molecule has 2 atom stereocenters. The van der Waals surface area contributed by atoms with Gasteiger partial charge in [0.05, 0.1) is 31.4 Å². The number of halogens is 2. The molecule has 2 aliphatic heterocycles. The summed E-state index contributed by atoms with van der Waals surface area (Å²) >= 11 is 6.22. The van der Waals surface area contributed by atoms with E-state index in [1.165, 1.54) is 6.07 Å². The summed E-state index contributed by atoms with van der Waals surface area (Å²) in [6, 6.07) is 17.6. The Kier molecular flexibility index (Phi) is 10.2. The van der Waals surface area contributed by atoms with Gasteiger partial charge in [0.25, 0.3) is 5.91 Å². The standard InChI is InChI=1S/C37H43ClFN3O4/c1-23-12-15-31(39)36(35(23)38)46-17-5-4-16-45-29-10-6-8-25(18-29)30-19-27-20-40-21-32(41-27)34(30)37(43)42(28-13-14-28)22-26-9-7-11-33(44-3)24(26)2/h6-12,15,18,27-28,32,40-41H,4-5,13-14,16-17,19-22H2,1-3H3/t27?,32-/m1/s1. The molecule has 2 heterocycles. The largest absolute Gasteiger partial charge is 0.496 e. The molecule has 0 radical (unpaired) electrons. The maximum absolute atomic E-state index is 14.5. The van der Waals surface area contributed by atoms with Crippen LogP contribution in [0.4, 0.5) is 4.39 Å². The molecule has 1 unspecified atom stereocenters. The lowest BCUT2D eigenvalue weighted by Crippen LogP contribution is -2.60. The van der Waals surface area contributed by atoms with Gasteiger partial charge in [-0.15, -0.1) is 0 Å². The van der Waals surface area contributed by atoms with E-state index in [9.17, 15) is 9.18 Å². The lowest BCUT2D eigenvalue weighted by molar-refractivity contribution is -0.128. The van der Waals surface area contributed by atoms with Gasteiger partial charge in [-0.2, -0.15) is 0 Å². The minimum absolute atomic E-state index is 0.0565. The zero-order valence-corrected chi connectivity index (χ0v) is 27.6. The number of aryl methyl sites for hydroxylation is 1. The van der Waals surface area contributed by atoms with Crippen LogP contribution in [-0.4, -0.2) is 62.3 Å². The number of rotatable bonds is 13. The Labute approximate surface area is 276 Å². The molecule has 2 bridgehead atoms. The Morgan fingerprint density at radius 3 is 2.59 bits per heavy atom. The van der Waals surface area contributed by atoms with E-state index in [1.54, 1.807) is 13.2 Å². The summed E-state index contributed by atoms with van der Waals surface area (Å²) in [4.78, 5) is 16.6. The van der Waals surface area contributed by atoms with Crippen molar-refractivity contribution in [3.63, 3.8) is 0 Å². The highest BCUT2D eigenvalue weighted by Gasteiger charge is 2.41. The molecule has 244 valence electrons. The van der Waals surface area contributed by atoms with Gasteiger partial charge in [0.1, 0.15) is 11.5 Å². The molecule has 1 aliphatic carbocycles. The monoisotopic (exact) mass is 647 g/mol. The lowest BCUT2D eigenvalue weighted by atomic mass is 9.83. The second kappa shape index (κ2) is 14.4. The highest BCUT2D eigenvalue weighted by atomic mass is 35.5. The number of hydrogen-bond donors (Lipinski definition) is 2. The number of piperazine rings is 1. The van der Waals surface area contributed by atoms with E-state index < -0.39 is 5.82 Å². The predicted molar refractivity (Wildman–Crippen MR) is 179 cm³/mol. The van der Waals surface area contributed by atoms with Crippen LogP contribution in [0.25, 0.3) is 5.57 Å². The lowest BCUT2D eigenvalue weighted by Gasteiger charge is -2.41. The summed E-state index contributed by atoms with van der Waals surface area (Å²) in [6.07, 6.45) is 4.25. The van der Waals surface area contributed by atoms with Crippen LogP contribution in [0.1, 0.15) is 54.4 Å². The number of ether oxygens (including phenoxy) is 3. The van der Waals surface area contributed by atoms with E-state index in [2.05, 4.69) is 40.7 Å². The molecule has 9 heteroatoms. The van der Waals surface area contributed by atoms with Gasteiger partial charge in [-0.1, -0.05) is 41.9 Å². The number of carbonyl (C=O) groups excluding carboxylic acids is 1. The van der Waals surface area contributed by atoms with E-state index >= 15 is 0 Å². The fourth-order valence-corrected chi connectivity index (χ4v) is 6.70. The maximum Gasteiger partial charge on any atom is 0.252 e. The summed E-state index contributed by atoms with van der Waals surface area (Å²) in [5, 5.41) is 7.56. The second-order valence-corrected chi connectivity index (χ2v) is 12.9. The number of nitrogens with one attached hydrogen (secondary N) is 2. The molecule has 3 aromatic rings. The minimum atomic E-state index is -0.454. The maximum atomic E-state index is 14.5. The zero-order chi connectivity index (χ0) is 32.2. The second-order valence-electron chi connectivity index (χ2n) is 12.5. The average molecular weight is 648 g/mol. The highest BCUT2D eigenvalue weighted by Crippen LogP contribution is 2.38. The van der Waals surface area contributed by atoms with Gasteiger partial charge in [0.15, 0.2) is 11.6 Å². The quantitative estimate of drug-likeness (QED) is 0.203. The van der Waals surface area contributed by atoms with Crippen molar-refractivity contribution in [2.45, 2.75) is 70.6 Å². The van der Waals surface area contributed by atoms with Crippen LogP contribution in [0, 0.1) is 19.7 Å². The minimum Gasteiger partial charge on any atom is -0.496 e. The number of methoxy groups -OCH3 is 1. The molecule has 3 aliphatic rings. The average Bonchev–Trinajstić information content (AvgIpc) is 3.91. The van der Waals surface area contributed by atoms with E-state index in [0.29, 0.717) is 37.7 Å². The SMILES string of the molecule is COc1cccc(CN(C(=O)C2=C(c3cccc(OCCCCOc4c(F)ccc(C)c4Cl)c3)CC3CNC[C@H]2N3)C2CC2)c1C. The van der Waals surface area contributed by atoms with Gasteiger partial charge in [0.2, 0.25) is 0 Å². The van der Waals surface area contributed by atoms with Crippen molar-refractivity contribution in [2.24, 2.45) is 0 Å². The fourth-order valence-electron chi connectivity index (χ4n) is 6.49. The first-order valence-electron chi connectivity index (χ1n) is 16.3. The molecule has 1 saturated heterocycles. The topological polar surface area (TPSA) is 72.1 Å². The summed E-state index contributed by atoms with van der Waals surface area (Å²) in [6.45, 7) is 6.87. The first-order valence-corrected chi connectivity index (χ1v) is 16.7. The van der Waals surface area contributed by atoms with Gasteiger partial charge in [-0.05, 0) is 98.0 Å². The number of nitrogens with zero attached hydrogens (tertiary/aromatic N) is 1. The van der Waals surface area contributed by atoms with Crippen molar-refractivity contribution in [2.75, 3.05) is 33.4 Å². The molecule has 6 rings (SSSR count). The molecule has 7 nitrogen and oxygen atoms in total. The Morgan fingerprint density at radius 2 is 1.80 bits per heavy atom. The number of unbranched alkanes of at least 4 members (excludes halogenated alkanes) is 1. The number of carbonyl (C=O) groups is 1. The normalized spacial score (nSPS) is 19.2. The van der Waals surface area contributed by atoms with Gasteiger partial charge < -0.3 is 29.7 Å². The number of fused-ring (bicyclic) bond motifs is 2. The molecule has 2 N–H and O–H groups in total. The van der Waals surface area contributed by atoms with E-state index in [-0.39, 0.29) is 29.8 Å². The van der Waals surface area contributed by atoms with Crippen LogP contribution in [0.3, 0.4) is 0 Å². The van der Waals surface area contributed by atoms with Crippen LogP contribution in [-0.2, 0) is 11.3 Å². The summed E-state index contributed by atoms with van der Waals surface area (Å²) in [7, 11) is 1.69. The first kappa shape index (κ1) is 32.4. The summed E-state index contributed by atoms with van der Waals surface area (Å²) < 4.78 is 31.5. The van der Waals surface area contributed by atoms with E-state index in [1.807, 2.05) is 31.2 Å². The van der Waals surface area contributed by atoms with Crippen LogP contribution < -0.4 is 24.8 Å². The van der Waals surface area contributed by atoms with E-state index in [4.69, 9.17) is 25.8 Å². The van der Waals surface area contributed by atoms with Crippen molar-refractivity contribution < 1.29 is 23.4 Å². The zero-order valence-electron chi connectivity index (χ0n) is 26.8. The highest BCUT2D eigenvalue weighted by molar-refractivity contribution is 6.32. The predicted octanol–water partition coefficient (Wildman–Crippen LogP) is 6.62. The van der Waals surface area contributed by atoms with E-state index in [0.717, 1.165) is 77.1 Å². The molecule has 0 aromatic heterocycles. The van der Waals surface area contributed by atoms with Crippen molar-refractivity contribution in [1.29, 1.82) is 0 Å². The van der Waals surface area contributed by atoms with Crippen molar-refractivity contribution in [3.05, 3.63) is 93.3 Å². The van der Waals surface area contributed by atoms with Crippen LogP contribution in [0.5, 0.6) is 17.2 Å². The molecule has 46 heavy (non-hydrogen) atoms. The van der Waals surface area contributed by atoms with Crippen molar-refractivity contribution >= 4 is 23.1 Å². The van der Waals surface area contributed by atoms with Gasteiger partial charge >= 0.3 is 0 Å². The molecule has 2 fully saturated rings. The van der Waals surface area contributed by atoms with Gasteiger partial charge in [-0.3, -0.25) is 4.79 Å². The fraction of sp³-hybridized carbons (Fsp3) is 0.432. The number of hydrogen-bond acceptors (Lipinski definition) is 6. The molecular weight excluding hydrogens is 605 g/mol.